The third kappa shape index (κ3) is 3.31. The second-order valence-electron chi connectivity index (χ2n) is 9.74. The van der Waals surface area contributed by atoms with Crippen LogP contribution in [0, 0.1) is 11.8 Å². The van der Waals surface area contributed by atoms with Gasteiger partial charge in [0.25, 0.3) is 0 Å². The first-order valence-corrected chi connectivity index (χ1v) is 11.8. The summed E-state index contributed by atoms with van der Waals surface area (Å²) >= 11 is 0. The first-order chi connectivity index (χ1) is 16.3. The monoisotopic (exact) mass is 466 g/mol. The van der Waals surface area contributed by atoms with Gasteiger partial charge in [-0.3, -0.25) is 14.4 Å². The Balaban J connectivity index is 1.62. The number of likely N-dealkylation sites (tertiary alicyclic amines) is 1. The summed E-state index contributed by atoms with van der Waals surface area (Å²) < 4.78 is 12.1. The van der Waals surface area contributed by atoms with E-state index in [4.69, 9.17) is 9.47 Å². The van der Waals surface area contributed by atoms with Crippen LogP contribution in [0.1, 0.15) is 25.8 Å². The third-order valence-corrected chi connectivity index (χ3v) is 7.50. The lowest BCUT2D eigenvalue weighted by atomic mass is 9.74. The van der Waals surface area contributed by atoms with Gasteiger partial charge in [-0.05, 0) is 25.8 Å². The molecular weight excluding hydrogens is 436 g/mol. The topological polar surface area (TPSA) is 96.4 Å². The molecule has 0 aliphatic carbocycles. The summed E-state index contributed by atoms with van der Waals surface area (Å²) in [6.45, 7) is 4.12. The Morgan fingerprint density at radius 3 is 2.59 bits per heavy atom. The maximum atomic E-state index is 14.1. The van der Waals surface area contributed by atoms with Crippen LogP contribution in [-0.2, 0) is 30.4 Å². The van der Waals surface area contributed by atoms with Crippen LogP contribution in [0.2, 0.25) is 0 Å². The average molecular weight is 467 g/mol. The van der Waals surface area contributed by atoms with Gasteiger partial charge in [0.2, 0.25) is 11.8 Å². The van der Waals surface area contributed by atoms with E-state index in [1.54, 1.807) is 24.8 Å². The van der Waals surface area contributed by atoms with Gasteiger partial charge in [-0.15, -0.1) is 0 Å². The molecule has 1 unspecified atom stereocenters. The average Bonchev–Trinajstić information content (AvgIpc) is 3.15. The number of benzene rings is 1. The second-order valence-corrected chi connectivity index (χ2v) is 9.74. The van der Waals surface area contributed by atoms with Crippen LogP contribution in [0.4, 0.5) is 0 Å². The van der Waals surface area contributed by atoms with Crippen molar-refractivity contribution in [1.82, 2.24) is 9.80 Å². The van der Waals surface area contributed by atoms with Gasteiger partial charge >= 0.3 is 5.97 Å². The molecule has 1 spiro atoms. The van der Waals surface area contributed by atoms with Crippen molar-refractivity contribution in [3.05, 3.63) is 60.2 Å². The minimum Gasteiger partial charge on any atom is -0.465 e. The molecule has 2 saturated heterocycles. The molecule has 1 aromatic rings. The van der Waals surface area contributed by atoms with Gasteiger partial charge in [0.1, 0.15) is 17.6 Å². The molecule has 1 N–H and O–H groups in total. The molecule has 180 valence electrons. The predicted molar refractivity (Wildman–Crippen MR) is 122 cm³/mol. The number of esters is 1. The highest BCUT2D eigenvalue weighted by molar-refractivity contribution is 5.99. The first-order valence-electron chi connectivity index (χ1n) is 11.8. The Bertz CT molecular complexity index is 1050. The normalized spacial score (nSPS) is 35.7. The second kappa shape index (κ2) is 8.36. The Labute approximate surface area is 198 Å². The van der Waals surface area contributed by atoms with E-state index in [0.29, 0.717) is 19.5 Å². The Hall–Kier alpha value is -2.97. The van der Waals surface area contributed by atoms with E-state index in [1.807, 2.05) is 48.6 Å². The van der Waals surface area contributed by atoms with Crippen molar-refractivity contribution in [3.8, 4) is 0 Å². The molecule has 8 nitrogen and oxygen atoms in total. The number of hydrogen-bond acceptors (Lipinski definition) is 6. The maximum Gasteiger partial charge on any atom is 0.313 e. The molecule has 8 heteroatoms. The molecular formula is C26H30N2O6. The summed E-state index contributed by atoms with van der Waals surface area (Å²) in [6, 6.07) is 8.03. The third-order valence-electron chi connectivity index (χ3n) is 7.50. The summed E-state index contributed by atoms with van der Waals surface area (Å²) in [5.41, 5.74) is -1.46. The number of ether oxygens (including phenoxy) is 2. The van der Waals surface area contributed by atoms with Crippen LogP contribution in [0.5, 0.6) is 0 Å². The molecule has 6 atom stereocenters. The fourth-order valence-electron chi connectivity index (χ4n) is 5.98. The first kappa shape index (κ1) is 22.8. The minimum absolute atomic E-state index is 0.232. The number of aliphatic hydroxyl groups excluding tert-OH is 1. The van der Waals surface area contributed by atoms with E-state index >= 15 is 0 Å². The number of carbonyl (C=O) groups excluding carboxylic acids is 3. The summed E-state index contributed by atoms with van der Waals surface area (Å²) in [7, 11) is 0. The molecule has 0 aromatic heterocycles. The molecule has 4 aliphatic rings. The van der Waals surface area contributed by atoms with Gasteiger partial charge < -0.3 is 24.4 Å². The Morgan fingerprint density at radius 2 is 1.85 bits per heavy atom. The SMILES string of the molecule is C[C@H](CO)N1C(=O)[C@@H]2[C@@H]3C(=O)OCCC=C[C@]3(C)O[C@@]23C=CCN(Cc2ccccc2)C(=O)C13. The molecule has 0 radical (unpaired) electrons. The zero-order chi connectivity index (χ0) is 24.1. The number of nitrogens with zero attached hydrogens (tertiary/aromatic N) is 2. The number of fused-ring (bicyclic) bond motifs is 2. The van der Waals surface area contributed by atoms with Crippen LogP contribution in [0.3, 0.4) is 0 Å². The Kier molecular flexibility index (Phi) is 5.61. The lowest BCUT2D eigenvalue weighted by molar-refractivity contribution is -0.161. The van der Waals surface area contributed by atoms with E-state index in [2.05, 4.69) is 0 Å². The van der Waals surface area contributed by atoms with Gasteiger partial charge in [-0.2, -0.15) is 0 Å². The molecule has 2 amide bonds. The highest BCUT2D eigenvalue weighted by atomic mass is 16.6. The lowest BCUT2D eigenvalue weighted by Crippen LogP contribution is -2.58. The van der Waals surface area contributed by atoms with Crippen LogP contribution in [-0.4, -0.2) is 75.7 Å². The van der Waals surface area contributed by atoms with Gasteiger partial charge in [-0.1, -0.05) is 54.6 Å². The van der Waals surface area contributed by atoms with Gasteiger partial charge in [0, 0.05) is 13.1 Å². The van der Waals surface area contributed by atoms with Gasteiger partial charge in [0.05, 0.1) is 30.8 Å². The van der Waals surface area contributed by atoms with Crippen LogP contribution >= 0.6 is 0 Å². The number of amides is 2. The number of cyclic esters (lactones) is 1. The van der Waals surface area contributed by atoms with Crippen LogP contribution < -0.4 is 0 Å². The van der Waals surface area contributed by atoms with Crippen LogP contribution in [0.25, 0.3) is 0 Å². The van der Waals surface area contributed by atoms with Crippen molar-refractivity contribution in [3.63, 3.8) is 0 Å². The van der Waals surface area contributed by atoms with Gasteiger partial charge in [0.15, 0.2) is 0 Å². The number of rotatable bonds is 4. The van der Waals surface area contributed by atoms with E-state index in [9.17, 15) is 19.5 Å². The quantitative estimate of drug-likeness (QED) is 0.533. The summed E-state index contributed by atoms with van der Waals surface area (Å²) in [5, 5.41) is 9.96. The van der Waals surface area contributed by atoms with E-state index < -0.39 is 41.1 Å². The van der Waals surface area contributed by atoms with Crippen molar-refractivity contribution in [1.29, 1.82) is 0 Å². The highest BCUT2D eigenvalue weighted by Crippen LogP contribution is 2.57. The van der Waals surface area contributed by atoms with Crippen molar-refractivity contribution < 1.29 is 29.0 Å². The predicted octanol–water partition coefficient (Wildman–Crippen LogP) is 1.44. The van der Waals surface area contributed by atoms with E-state index in [0.717, 1.165) is 5.56 Å². The molecule has 4 heterocycles. The van der Waals surface area contributed by atoms with Crippen molar-refractivity contribution in [2.45, 2.75) is 50.1 Å². The molecule has 34 heavy (non-hydrogen) atoms. The standard InChI is InChI=1S/C26H30N2O6/c1-17(16-29)28-21-23(31)27(15-18-9-4-3-5-10-18)13-8-12-26(21)19(22(28)30)20-24(32)33-14-7-6-11-25(20,2)34-26/h3-6,8-12,17,19-21,29H,7,13-16H2,1-2H3/t17-,19+,20-,21?,25+,26+/m1/s1. The van der Waals surface area contributed by atoms with E-state index in [1.165, 1.54) is 4.90 Å². The lowest BCUT2D eigenvalue weighted by Gasteiger charge is -2.39. The van der Waals surface area contributed by atoms with Crippen molar-refractivity contribution in [2.75, 3.05) is 19.8 Å². The zero-order valence-corrected chi connectivity index (χ0v) is 19.4. The smallest absolute Gasteiger partial charge is 0.313 e. The molecule has 0 saturated carbocycles. The number of aliphatic hydroxyl groups is 1. The zero-order valence-electron chi connectivity index (χ0n) is 19.4. The molecule has 0 bridgehead atoms. The minimum atomic E-state index is -1.34. The number of hydrogen-bond donors (Lipinski definition) is 1. The van der Waals surface area contributed by atoms with Crippen molar-refractivity contribution in [2.24, 2.45) is 11.8 Å². The fourth-order valence-corrected chi connectivity index (χ4v) is 5.98. The maximum absolute atomic E-state index is 14.1. The molecule has 5 rings (SSSR count). The summed E-state index contributed by atoms with van der Waals surface area (Å²) in [4.78, 5) is 44.3. The van der Waals surface area contributed by atoms with Gasteiger partial charge in [-0.25, -0.2) is 0 Å². The summed E-state index contributed by atoms with van der Waals surface area (Å²) in [5.74, 6) is -2.95. The van der Waals surface area contributed by atoms with Crippen molar-refractivity contribution >= 4 is 17.8 Å². The fraction of sp³-hybridized carbons (Fsp3) is 0.500. The highest BCUT2D eigenvalue weighted by Gasteiger charge is 2.75. The molecule has 1 aromatic carbocycles. The molecule has 2 fully saturated rings. The van der Waals surface area contributed by atoms with E-state index in [-0.39, 0.29) is 25.0 Å². The number of carbonyl (C=O) groups is 3. The summed E-state index contributed by atoms with van der Waals surface area (Å²) in [6.07, 6.45) is 7.94. The Morgan fingerprint density at radius 1 is 1.09 bits per heavy atom. The van der Waals surface area contributed by atoms with Crippen LogP contribution in [0.15, 0.2) is 54.6 Å². The molecule has 4 aliphatic heterocycles. The largest absolute Gasteiger partial charge is 0.465 e.